The zero-order valence-electron chi connectivity index (χ0n) is 10.3. The molecule has 0 saturated carbocycles. The summed E-state index contributed by atoms with van der Waals surface area (Å²) in [5.74, 6) is 0.854. The molecule has 3 nitrogen and oxygen atoms in total. The van der Waals surface area contributed by atoms with Crippen LogP contribution in [0.5, 0.6) is 5.75 Å². The zero-order valence-corrected chi connectivity index (χ0v) is 10.3. The molecule has 0 bridgehead atoms. The zero-order chi connectivity index (χ0) is 12.5. The quantitative estimate of drug-likeness (QED) is 0.806. The second-order valence-electron chi connectivity index (χ2n) is 4.49. The summed E-state index contributed by atoms with van der Waals surface area (Å²) in [7, 11) is 1.66. The first-order chi connectivity index (χ1) is 8.83. The van der Waals surface area contributed by atoms with Crippen LogP contribution in [0.25, 0.3) is 11.3 Å². The van der Waals surface area contributed by atoms with Gasteiger partial charge in [-0.2, -0.15) is 5.26 Å². The van der Waals surface area contributed by atoms with Crippen molar-refractivity contribution in [2.45, 2.75) is 19.4 Å². The molecule has 0 saturated heterocycles. The fraction of sp³-hybridized carbons (Fsp3) is 0.267. The van der Waals surface area contributed by atoms with Crippen LogP contribution in [0.2, 0.25) is 0 Å². The molecule has 1 aromatic carbocycles. The average molecular weight is 238 g/mol. The molecule has 3 rings (SSSR count). The molecule has 3 heteroatoms. The lowest BCUT2D eigenvalue weighted by atomic mass is 10.1. The van der Waals surface area contributed by atoms with Crippen molar-refractivity contribution in [1.29, 1.82) is 5.26 Å². The van der Waals surface area contributed by atoms with Crippen LogP contribution in [-0.4, -0.2) is 11.7 Å². The lowest BCUT2D eigenvalue weighted by molar-refractivity contribution is 0.415. The Morgan fingerprint density at radius 3 is 2.72 bits per heavy atom. The predicted octanol–water partition coefficient (Wildman–Crippen LogP) is 2.98. The van der Waals surface area contributed by atoms with Crippen LogP contribution in [0.15, 0.2) is 30.3 Å². The van der Waals surface area contributed by atoms with Crippen LogP contribution in [0, 0.1) is 11.3 Å². The third kappa shape index (κ3) is 1.58. The SMILES string of the molecule is COc1ccc(-c2cc(C#N)c3n2CCC3)cc1. The van der Waals surface area contributed by atoms with Crippen molar-refractivity contribution >= 4 is 0 Å². The van der Waals surface area contributed by atoms with Crippen molar-refractivity contribution in [1.82, 2.24) is 4.57 Å². The number of rotatable bonds is 2. The molecule has 0 atom stereocenters. The van der Waals surface area contributed by atoms with E-state index < -0.39 is 0 Å². The number of nitriles is 1. The third-order valence-corrected chi connectivity index (χ3v) is 3.51. The molecule has 0 radical (unpaired) electrons. The molecular weight excluding hydrogens is 224 g/mol. The summed E-state index contributed by atoms with van der Waals surface area (Å²) in [6, 6.07) is 12.3. The highest BCUT2D eigenvalue weighted by Gasteiger charge is 2.20. The molecule has 0 N–H and O–H groups in total. The summed E-state index contributed by atoms with van der Waals surface area (Å²) < 4.78 is 7.43. The maximum absolute atomic E-state index is 9.16. The van der Waals surface area contributed by atoms with Gasteiger partial charge in [-0.1, -0.05) is 0 Å². The highest BCUT2D eigenvalue weighted by molar-refractivity contribution is 5.65. The minimum absolute atomic E-state index is 0.818. The summed E-state index contributed by atoms with van der Waals surface area (Å²) in [6.45, 7) is 1.01. The van der Waals surface area contributed by atoms with E-state index in [9.17, 15) is 0 Å². The van der Waals surface area contributed by atoms with Gasteiger partial charge in [0.2, 0.25) is 0 Å². The smallest absolute Gasteiger partial charge is 0.118 e. The van der Waals surface area contributed by atoms with Crippen molar-refractivity contribution in [3.05, 3.63) is 41.6 Å². The molecular formula is C15H14N2O. The fourth-order valence-electron chi connectivity index (χ4n) is 2.62. The van der Waals surface area contributed by atoms with Gasteiger partial charge in [-0.25, -0.2) is 0 Å². The molecule has 1 aliphatic rings. The van der Waals surface area contributed by atoms with Gasteiger partial charge in [0.1, 0.15) is 11.8 Å². The van der Waals surface area contributed by atoms with E-state index in [0.29, 0.717) is 0 Å². The largest absolute Gasteiger partial charge is 0.497 e. The molecule has 0 spiro atoms. The van der Waals surface area contributed by atoms with E-state index in [1.54, 1.807) is 7.11 Å². The third-order valence-electron chi connectivity index (χ3n) is 3.51. The normalized spacial score (nSPS) is 13.1. The molecule has 0 fully saturated rings. The van der Waals surface area contributed by atoms with Crippen LogP contribution in [0.4, 0.5) is 0 Å². The van der Waals surface area contributed by atoms with Gasteiger partial charge in [-0.15, -0.1) is 0 Å². The van der Waals surface area contributed by atoms with E-state index in [1.165, 1.54) is 5.69 Å². The second-order valence-corrected chi connectivity index (χ2v) is 4.49. The van der Waals surface area contributed by atoms with Gasteiger partial charge in [-0.05, 0) is 48.7 Å². The maximum atomic E-state index is 9.16. The Kier molecular flexibility index (Phi) is 2.56. The van der Waals surface area contributed by atoms with Gasteiger partial charge in [-0.3, -0.25) is 0 Å². The number of ether oxygens (including phenoxy) is 1. The molecule has 0 amide bonds. The summed E-state index contributed by atoms with van der Waals surface area (Å²) >= 11 is 0. The average Bonchev–Trinajstić information content (AvgIpc) is 3.00. The van der Waals surface area contributed by atoms with Crippen molar-refractivity contribution < 1.29 is 4.74 Å². The molecule has 0 unspecified atom stereocenters. The number of hydrogen-bond donors (Lipinski definition) is 0. The molecule has 18 heavy (non-hydrogen) atoms. The lowest BCUT2D eigenvalue weighted by Gasteiger charge is -2.07. The Morgan fingerprint density at radius 2 is 2.06 bits per heavy atom. The number of methoxy groups -OCH3 is 1. The van der Waals surface area contributed by atoms with E-state index in [-0.39, 0.29) is 0 Å². The van der Waals surface area contributed by atoms with E-state index in [0.717, 1.165) is 42.0 Å². The Morgan fingerprint density at radius 1 is 1.28 bits per heavy atom. The fourth-order valence-corrected chi connectivity index (χ4v) is 2.62. The molecule has 1 aromatic heterocycles. The first-order valence-electron chi connectivity index (χ1n) is 6.10. The first kappa shape index (κ1) is 10.9. The highest BCUT2D eigenvalue weighted by Crippen LogP contribution is 2.31. The van der Waals surface area contributed by atoms with Crippen molar-refractivity contribution in [3.63, 3.8) is 0 Å². The highest BCUT2D eigenvalue weighted by atomic mass is 16.5. The van der Waals surface area contributed by atoms with E-state index >= 15 is 0 Å². The van der Waals surface area contributed by atoms with Crippen molar-refractivity contribution in [3.8, 4) is 23.1 Å². The van der Waals surface area contributed by atoms with Gasteiger partial charge in [0.05, 0.1) is 12.7 Å². The minimum atomic E-state index is 0.818. The predicted molar refractivity (Wildman–Crippen MR) is 69.5 cm³/mol. The van der Waals surface area contributed by atoms with E-state index in [1.807, 2.05) is 30.3 Å². The minimum Gasteiger partial charge on any atom is -0.497 e. The Bertz CT molecular complexity index is 617. The van der Waals surface area contributed by atoms with Gasteiger partial charge >= 0.3 is 0 Å². The van der Waals surface area contributed by atoms with Crippen LogP contribution in [-0.2, 0) is 13.0 Å². The van der Waals surface area contributed by atoms with Gasteiger partial charge < -0.3 is 9.30 Å². The van der Waals surface area contributed by atoms with Gasteiger partial charge in [0.15, 0.2) is 0 Å². The monoisotopic (exact) mass is 238 g/mol. The Hall–Kier alpha value is -2.21. The molecule has 2 aromatic rings. The van der Waals surface area contributed by atoms with Crippen LogP contribution >= 0.6 is 0 Å². The van der Waals surface area contributed by atoms with E-state index in [2.05, 4.69) is 10.6 Å². The molecule has 0 aliphatic carbocycles. The molecule has 90 valence electrons. The summed E-state index contributed by atoms with van der Waals surface area (Å²) in [5, 5.41) is 9.16. The first-order valence-corrected chi connectivity index (χ1v) is 6.10. The van der Waals surface area contributed by atoms with Gasteiger partial charge in [0, 0.05) is 17.9 Å². The molecule has 2 heterocycles. The van der Waals surface area contributed by atoms with Gasteiger partial charge in [0.25, 0.3) is 0 Å². The standard InChI is InChI=1S/C15H14N2O/c1-18-13-6-4-11(5-7-13)15-9-12(10-16)14-3-2-8-17(14)15/h4-7,9H,2-3,8H2,1H3. The second kappa shape index (κ2) is 4.23. The Labute approximate surface area is 106 Å². The van der Waals surface area contributed by atoms with Crippen molar-refractivity contribution in [2.75, 3.05) is 7.11 Å². The van der Waals surface area contributed by atoms with Crippen LogP contribution < -0.4 is 4.74 Å². The number of aromatic nitrogens is 1. The summed E-state index contributed by atoms with van der Waals surface area (Å²) in [5.41, 5.74) is 4.28. The Balaban J connectivity index is 2.09. The molecule has 1 aliphatic heterocycles. The number of hydrogen-bond acceptors (Lipinski definition) is 2. The van der Waals surface area contributed by atoms with E-state index in [4.69, 9.17) is 10.00 Å². The van der Waals surface area contributed by atoms with Crippen LogP contribution in [0.1, 0.15) is 17.7 Å². The summed E-state index contributed by atoms with van der Waals surface area (Å²) in [6.07, 6.45) is 2.15. The lowest BCUT2D eigenvalue weighted by Crippen LogP contribution is -1.95. The number of nitrogens with zero attached hydrogens (tertiary/aromatic N) is 2. The maximum Gasteiger partial charge on any atom is 0.118 e. The number of benzene rings is 1. The topological polar surface area (TPSA) is 37.9 Å². The van der Waals surface area contributed by atoms with Crippen molar-refractivity contribution in [2.24, 2.45) is 0 Å². The summed E-state index contributed by atoms with van der Waals surface area (Å²) in [4.78, 5) is 0. The number of fused-ring (bicyclic) bond motifs is 1. The van der Waals surface area contributed by atoms with Crippen LogP contribution in [0.3, 0.4) is 0 Å².